The molecule has 0 amide bonds. The lowest BCUT2D eigenvalue weighted by Crippen LogP contribution is -2.47. The first kappa shape index (κ1) is 21.7. The molecule has 142 valence electrons. The molecule has 0 aliphatic carbocycles. The lowest BCUT2D eigenvalue weighted by molar-refractivity contribution is 0.272. The summed E-state index contributed by atoms with van der Waals surface area (Å²) < 4.78 is 28.7. The molecule has 6 heteroatoms. The number of hydrogen-bond donors (Lipinski definition) is 1. The second kappa shape index (κ2) is 11.3. The summed E-state index contributed by atoms with van der Waals surface area (Å²) in [5.74, 6) is 0.374. The van der Waals surface area contributed by atoms with Gasteiger partial charge in [0.25, 0.3) is 5.17 Å². The van der Waals surface area contributed by atoms with Crippen LogP contribution in [0.4, 0.5) is 0 Å². The van der Waals surface area contributed by atoms with Crippen molar-refractivity contribution < 1.29 is 13.2 Å². The summed E-state index contributed by atoms with van der Waals surface area (Å²) in [5.41, 5.74) is -0.465. The topological polar surface area (TPSA) is 55.4 Å². The molecule has 0 aromatic rings. The van der Waals surface area contributed by atoms with Gasteiger partial charge in [-0.15, -0.1) is 0 Å². The van der Waals surface area contributed by atoms with Crippen LogP contribution in [0.5, 0.6) is 0 Å². The minimum atomic E-state index is -2.92. The van der Waals surface area contributed by atoms with E-state index in [4.69, 9.17) is 17.0 Å². The fraction of sp³-hybridized carbons (Fsp3) is 0.944. The number of unbranched alkanes of at least 4 members (excludes halogenated alkanes) is 9. The van der Waals surface area contributed by atoms with E-state index < -0.39 is 15.4 Å². The van der Waals surface area contributed by atoms with Gasteiger partial charge in [-0.1, -0.05) is 64.7 Å². The van der Waals surface area contributed by atoms with Crippen LogP contribution in [0.25, 0.3) is 0 Å². The van der Waals surface area contributed by atoms with Gasteiger partial charge in [0.15, 0.2) is 9.84 Å². The second-order valence-electron chi connectivity index (χ2n) is 7.35. The molecular weight excluding hydrogens is 342 g/mol. The van der Waals surface area contributed by atoms with Gasteiger partial charge in [-0.2, -0.15) is 0 Å². The Bertz CT molecular complexity index is 465. The van der Waals surface area contributed by atoms with Gasteiger partial charge in [0.2, 0.25) is 0 Å². The minimum absolute atomic E-state index is 0.141. The summed E-state index contributed by atoms with van der Waals surface area (Å²) >= 11 is 5.18. The maximum Gasteiger partial charge on any atom is 0.257 e. The Morgan fingerprint density at radius 1 is 1.04 bits per heavy atom. The van der Waals surface area contributed by atoms with E-state index in [9.17, 15) is 8.42 Å². The molecular formula is C18H35NO3S2. The third-order valence-electron chi connectivity index (χ3n) is 4.64. The number of sulfone groups is 1. The maximum absolute atomic E-state index is 11.6. The first-order chi connectivity index (χ1) is 11.4. The molecule has 1 rings (SSSR count). The van der Waals surface area contributed by atoms with E-state index in [1.165, 1.54) is 57.8 Å². The van der Waals surface area contributed by atoms with Crippen LogP contribution in [0.2, 0.25) is 0 Å². The highest BCUT2D eigenvalue weighted by molar-refractivity contribution is 7.91. The van der Waals surface area contributed by atoms with Crippen LogP contribution >= 0.6 is 12.2 Å². The zero-order chi connectivity index (χ0) is 17.9. The van der Waals surface area contributed by atoms with E-state index in [-0.39, 0.29) is 11.5 Å². The van der Waals surface area contributed by atoms with Crippen molar-refractivity contribution in [3.05, 3.63) is 0 Å². The molecule has 24 heavy (non-hydrogen) atoms. The van der Waals surface area contributed by atoms with Crippen molar-refractivity contribution in [3.63, 3.8) is 0 Å². The quantitative estimate of drug-likeness (QED) is 0.404. The predicted octanol–water partition coefficient (Wildman–Crippen LogP) is 4.38. The smallest absolute Gasteiger partial charge is 0.257 e. The molecule has 0 aromatic carbocycles. The SMILES string of the molecule is CCCCCCCCCCCCOC(=S)NC1(C)CCS(=O)(=O)C1. The molecule has 1 atom stereocenters. The van der Waals surface area contributed by atoms with Crippen LogP contribution in [0.15, 0.2) is 0 Å². The summed E-state index contributed by atoms with van der Waals surface area (Å²) in [6.07, 6.45) is 13.5. The maximum atomic E-state index is 11.6. The van der Waals surface area contributed by atoms with Gasteiger partial charge in [0, 0.05) is 0 Å². The van der Waals surface area contributed by atoms with Crippen LogP contribution in [0.3, 0.4) is 0 Å². The Morgan fingerprint density at radius 3 is 2.08 bits per heavy atom. The van der Waals surface area contributed by atoms with Crippen molar-refractivity contribution in [1.82, 2.24) is 5.32 Å². The standard InChI is InChI=1S/C18H35NO3S2/c1-3-4-5-6-7-8-9-10-11-12-14-22-17(23)19-18(2)13-15-24(20,21)16-18/h3-16H2,1-2H3,(H,19,23). The zero-order valence-electron chi connectivity index (χ0n) is 15.4. The van der Waals surface area contributed by atoms with Crippen molar-refractivity contribution in [3.8, 4) is 0 Å². The van der Waals surface area contributed by atoms with Crippen LogP contribution in [-0.2, 0) is 14.6 Å². The van der Waals surface area contributed by atoms with E-state index in [0.717, 1.165) is 6.42 Å². The molecule has 1 saturated heterocycles. The fourth-order valence-electron chi connectivity index (χ4n) is 3.15. The highest BCUT2D eigenvalue weighted by Gasteiger charge is 2.39. The minimum Gasteiger partial charge on any atom is -0.471 e. The van der Waals surface area contributed by atoms with Crippen molar-refractivity contribution in [1.29, 1.82) is 0 Å². The number of thiocarbonyl (C=S) groups is 1. The zero-order valence-corrected chi connectivity index (χ0v) is 17.1. The summed E-state index contributed by atoms with van der Waals surface area (Å²) in [6, 6.07) is 0. The molecule has 0 bridgehead atoms. The normalized spacial score (nSPS) is 22.4. The average molecular weight is 378 g/mol. The Labute approximate surface area is 154 Å². The molecule has 0 radical (unpaired) electrons. The molecule has 0 saturated carbocycles. The van der Waals surface area contributed by atoms with E-state index in [0.29, 0.717) is 18.2 Å². The summed E-state index contributed by atoms with van der Waals surface area (Å²) in [5, 5.41) is 3.41. The number of hydrogen-bond acceptors (Lipinski definition) is 4. The van der Waals surface area contributed by atoms with Crippen molar-refractivity contribution in [2.75, 3.05) is 18.1 Å². The van der Waals surface area contributed by atoms with Crippen molar-refractivity contribution in [2.45, 2.75) is 90.0 Å². The number of nitrogens with one attached hydrogen (secondary N) is 1. The molecule has 1 aliphatic rings. The second-order valence-corrected chi connectivity index (χ2v) is 9.90. The van der Waals surface area contributed by atoms with Gasteiger partial charge < -0.3 is 10.1 Å². The number of ether oxygens (including phenoxy) is 1. The van der Waals surface area contributed by atoms with Crippen LogP contribution in [0, 0.1) is 0 Å². The lowest BCUT2D eigenvalue weighted by Gasteiger charge is -2.25. The number of rotatable bonds is 12. The average Bonchev–Trinajstić information content (AvgIpc) is 2.78. The summed E-state index contributed by atoms with van der Waals surface area (Å²) in [6.45, 7) is 4.76. The third-order valence-corrected chi connectivity index (χ3v) is 6.76. The molecule has 0 spiro atoms. The Kier molecular flexibility index (Phi) is 10.2. The van der Waals surface area contributed by atoms with Gasteiger partial charge in [0.05, 0.1) is 23.7 Å². The molecule has 1 aliphatic heterocycles. The Morgan fingerprint density at radius 2 is 1.58 bits per heavy atom. The van der Waals surface area contributed by atoms with Gasteiger partial charge in [0.1, 0.15) is 0 Å². The van der Waals surface area contributed by atoms with Gasteiger partial charge in [-0.05, 0) is 32.0 Å². The summed E-state index contributed by atoms with van der Waals surface area (Å²) in [4.78, 5) is 0. The van der Waals surface area contributed by atoms with Gasteiger partial charge in [-0.25, -0.2) is 8.42 Å². The molecule has 0 aromatic heterocycles. The predicted molar refractivity (Wildman–Crippen MR) is 105 cm³/mol. The monoisotopic (exact) mass is 377 g/mol. The molecule has 1 N–H and O–H groups in total. The Hall–Kier alpha value is -0.360. The molecule has 1 unspecified atom stereocenters. The van der Waals surface area contributed by atoms with Crippen LogP contribution < -0.4 is 5.32 Å². The van der Waals surface area contributed by atoms with E-state index in [1.807, 2.05) is 6.92 Å². The molecule has 1 heterocycles. The Balaban J connectivity index is 1.95. The first-order valence-corrected chi connectivity index (χ1v) is 11.8. The largest absolute Gasteiger partial charge is 0.471 e. The lowest BCUT2D eigenvalue weighted by atomic mass is 10.0. The summed E-state index contributed by atoms with van der Waals surface area (Å²) in [7, 11) is -2.92. The van der Waals surface area contributed by atoms with E-state index in [2.05, 4.69) is 12.2 Å². The highest BCUT2D eigenvalue weighted by atomic mass is 32.2. The third kappa shape index (κ3) is 9.82. The van der Waals surface area contributed by atoms with Crippen LogP contribution in [0.1, 0.15) is 84.5 Å². The van der Waals surface area contributed by atoms with Gasteiger partial charge >= 0.3 is 0 Å². The van der Waals surface area contributed by atoms with E-state index in [1.54, 1.807) is 0 Å². The molecule has 1 fully saturated rings. The van der Waals surface area contributed by atoms with Crippen LogP contribution in [-0.4, -0.2) is 37.2 Å². The fourth-order valence-corrected chi connectivity index (χ4v) is 5.57. The first-order valence-electron chi connectivity index (χ1n) is 9.52. The van der Waals surface area contributed by atoms with Crippen molar-refractivity contribution >= 4 is 27.2 Å². The van der Waals surface area contributed by atoms with Crippen molar-refractivity contribution in [2.24, 2.45) is 0 Å². The molecule has 4 nitrogen and oxygen atoms in total. The van der Waals surface area contributed by atoms with Gasteiger partial charge in [-0.3, -0.25) is 0 Å². The van der Waals surface area contributed by atoms with E-state index >= 15 is 0 Å². The highest BCUT2D eigenvalue weighted by Crippen LogP contribution is 2.22.